The van der Waals surface area contributed by atoms with Crippen LogP contribution in [0.2, 0.25) is 0 Å². The van der Waals surface area contributed by atoms with E-state index in [0.29, 0.717) is 41.5 Å². The van der Waals surface area contributed by atoms with Crippen LogP contribution in [0.5, 0.6) is 28.7 Å². The van der Waals surface area contributed by atoms with Crippen molar-refractivity contribution in [3.8, 4) is 28.7 Å². The summed E-state index contributed by atoms with van der Waals surface area (Å²) in [7, 11) is 0. The molecule has 0 saturated carbocycles. The maximum atomic E-state index is 14.8. The third-order valence-electron chi connectivity index (χ3n) is 8.01. The van der Waals surface area contributed by atoms with E-state index in [0.717, 1.165) is 30.9 Å². The molecule has 282 valence electrons. The molecule has 0 saturated heterocycles. The number of phenols is 5. The first kappa shape index (κ1) is 41.8. The maximum Gasteiger partial charge on any atom is 0.389 e. The van der Waals surface area contributed by atoms with Gasteiger partial charge in [-0.1, -0.05) is 38.8 Å². The van der Waals surface area contributed by atoms with Gasteiger partial charge in [0.1, 0.15) is 52.5 Å². The monoisotopic (exact) mass is 742 g/mol. The van der Waals surface area contributed by atoms with Crippen LogP contribution in [0.15, 0.2) is 91.0 Å². The molecule has 0 fully saturated rings. The first-order valence-electron chi connectivity index (χ1n) is 16.7. The number of halogens is 6. The number of aromatic hydroxyl groups is 5. The van der Waals surface area contributed by atoms with E-state index in [2.05, 4.69) is 0 Å². The molecule has 5 rings (SSSR count). The first-order valence-corrected chi connectivity index (χ1v) is 16.7. The van der Waals surface area contributed by atoms with Gasteiger partial charge < -0.3 is 25.5 Å². The maximum absolute atomic E-state index is 14.8. The zero-order chi connectivity index (χ0) is 39.3. The number of benzene rings is 5. The van der Waals surface area contributed by atoms with Gasteiger partial charge in [0.2, 0.25) is 0 Å². The number of carbonyl (C=O) groups is 1. The number of hydrogen-bond acceptors (Lipinski definition) is 6. The molecule has 1 unspecified atom stereocenters. The van der Waals surface area contributed by atoms with Gasteiger partial charge >= 0.3 is 6.18 Å². The minimum Gasteiger partial charge on any atom is -0.508 e. The van der Waals surface area contributed by atoms with Crippen LogP contribution >= 0.6 is 0 Å². The van der Waals surface area contributed by atoms with E-state index in [1.165, 1.54) is 60.7 Å². The molecule has 0 aromatic heterocycles. The lowest BCUT2D eigenvalue weighted by Crippen LogP contribution is -2.10. The molecule has 0 aliphatic heterocycles. The van der Waals surface area contributed by atoms with Crippen molar-refractivity contribution >= 4 is 6.29 Å². The van der Waals surface area contributed by atoms with Crippen LogP contribution in [-0.4, -0.2) is 38.0 Å². The Kier molecular flexibility index (Phi) is 15.2. The SMILES string of the molecule is CCCc1cc(O)c(C(c2ccc(O)cc2)c2cc(F)c(CCC(F)(F)F)cc2O)cc1F.CCCc1cc(O)ccc1F.O=Cc1ccc(O)cc1. The highest BCUT2D eigenvalue weighted by atomic mass is 19.4. The average molecular weight is 743 g/mol. The van der Waals surface area contributed by atoms with E-state index in [1.54, 1.807) is 12.1 Å². The molecule has 0 bridgehead atoms. The third kappa shape index (κ3) is 12.5. The number of hydrogen-bond donors (Lipinski definition) is 5. The Morgan fingerprint density at radius 2 is 1.00 bits per heavy atom. The second kappa shape index (κ2) is 19.3. The van der Waals surface area contributed by atoms with Gasteiger partial charge in [0, 0.05) is 29.0 Å². The number of rotatable bonds is 10. The highest BCUT2D eigenvalue weighted by Crippen LogP contribution is 2.43. The molecule has 5 aromatic rings. The van der Waals surface area contributed by atoms with Crippen molar-refractivity contribution in [1.29, 1.82) is 0 Å². The highest BCUT2D eigenvalue weighted by molar-refractivity contribution is 5.74. The molecule has 0 spiro atoms. The van der Waals surface area contributed by atoms with Crippen molar-refractivity contribution in [2.75, 3.05) is 0 Å². The van der Waals surface area contributed by atoms with Crippen molar-refractivity contribution in [3.05, 3.63) is 147 Å². The Labute approximate surface area is 303 Å². The van der Waals surface area contributed by atoms with Crippen LogP contribution in [0, 0.1) is 17.5 Å². The van der Waals surface area contributed by atoms with Gasteiger partial charge in [-0.15, -0.1) is 0 Å². The third-order valence-corrected chi connectivity index (χ3v) is 8.01. The van der Waals surface area contributed by atoms with Crippen LogP contribution in [-0.2, 0) is 19.3 Å². The molecular formula is C41H40F6O6. The number of phenolic OH excluding ortho intramolecular Hbond substituents is 5. The molecule has 53 heavy (non-hydrogen) atoms. The predicted molar refractivity (Wildman–Crippen MR) is 189 cm³/mol. The molecule has 0 radical (unpaired) electrons. The van der Waals surface area contributed by atoms with Gasteiger partial charge in [-0.3, -0.25) is 4.79 Å². The summed E-state index contributed by atoms with van der Waals surface area (Å²) in [5, 5.41) is 48.6. The molecule has 6 nitrogen and oxygen atoms in total. The van der Waals surface area contributed by atoms with Crippen LogP contribution < -0.4 is 0 Å². The van der Waals surface area contributed by atoms with E-state index in [1.807, 2.05) is 13.8 Å². The fourth-order valence-corrected chi connectivity index (χ4v) is 5.40. The molecule has 1 atom stereocenters. The zero-order valence-corrected chi connectivity index (χ0v) is 29.0. The fourth-order valence-electron chi connectivity index (χ4n) is 5.40. The van der Waals surface area contributed by atoms with Gasteiger partial charge in [-0.05, 0) is 120 Å². The Bertz CT molecular complexity index is 1940. The van der Waals surface area contributed by atoms with Crippen molar-refractivity contribution < 1.29 is 56.7 Å². The first-order chi connectivity index (χ1) is 25.1. The van der Waals surface area contributed by atoms with Gasteiger partial charge in [0.25, 0.3) is 0 Å². The standard InChI is InChI=1S/C25H23F5O3.C9H11FO.C7H6O2/c1-2-3-15-10-22(32)18(12-20(15)26)24(14-4-6-17(31)7-5-14)19-13-21(27)16(11-23(19)33)8-9-25(28,29)30;1-2-3-7-6-8(11)4-5-9(7)10;8-5-6-1-3-7(9)4-2-6/h4-7,10-13,24,31-33H,2-3,8-9H2,1H3;4-6,11H,2-3H2,1H3;1-5,9H. The Hall–Kier alpha value is -5.65. The van der Waals surface area contributed by atoms with Gasteiger partial charge in [0.05, 0.1) is 0 Å². The fraction of sp³-hybridized carbons (Fsp3) is 0.244. The summed E-state index contributed by atoms with van der Waals surface area (Å²) in [6.45, 7) is 3.83. The number of aryl methyl sites for hydroxylation is 3. The van der Waals surface area contributed by atoms with Crippen molar-refractivity contribution in [2.45, 2.75) is 64.5 Å². The molecule has 0 heterocycles. The van der Waals surface area contributed by atoms with E-state index in [4.69, 9.17) is 10.2 Å². The number of alkyl halides is 3. The van der Waals surface area contributed by atoms with E-state index in [9.17, 15) is 46.5 Å². The molecule has 0 amide bonds. The molecule has 12 heteroatoms. The second-order valence-corrected chi connectivity index (χ2v) is 12.1. The zero-order valence-electron chi connectivity index (χ0n) is 29.0. The second-order valence-electron chi connectivity index (χ2n) is 12.1. The van der Waals surface area contributed by atoms with Crippen molar-refractivity contribution in [1.82, 2.24) is 0 Å². The molecule has 0 aliphatic rings. The summed E-state index contributed by atoms with van der Waals surface area (Å²) in [6.07, 6.45) is -3.06. The minimum absolute atomic E-state index is 0.0378. The summed E-state index contributed by atoms with van der Waals surface area (Å²) in [4.78, 5) is 10.0. The van der Waals surface area contributed by atoms with Crippen LogP contribution in [0.1, 0.15) is 82.8 Å². The quantitative estimate of drug-likeness (QED) is 0.0552. The van der Waals surface area contributed by atoms with Gasteiger partial charge in [-0.2, -0.15) is 13.2 Å². The molecule has 5 aromatic carbocycles. The van der Waals surface area contributed by atoms with Crippen molar-refractivity contribution in [2.24, 2.45) is 0 Å². The molecule has 0 aliphatic carbocycles. The number of carbonyl (C=O) groups excluding carboxylic acids is 1. The summed E-state index contributed by atoms with van der Waals surface area (Å²) >= 11 is 0. The molecule has 5 N–H and O–H groups in total. The normalized spacial score (nSPS) is 11.5. The van der Waals surface area contributed by atoms with E-state index in [-0.39, 0.29) is 45.5 Å². The Morgan fingerprint density at radius 3 is 1.45 bits per heavy atom. The smallest absolute Gasteiger partial charge is 0.389 e. The Morgan fingerprint density at radius 1 is 0.566 bits per heavy atom. The Balaban J connectivity index is 0.000000305. The van der Waals surface area contributed by atoms with Gasteiger partial charge in [-0.25, -0.2) is 13.2 Å². The largest absolute Gasteiger partial charge is 0.508 e. The highest BCUT2D eigenvalue weighted by Gasteiger charge is 2.29. The van der Waals surface area contributed by atoms with E-state index >= 15 is 0 Å². The summed E-state index contributed by atoms with van der Waals surface area (Å²) in [6, 6.07) is 20.0. The van der Waals surface area contributed by atoms with Crippen LogP contribution in [0.25, 0.3) is 0 Å². The van der Waals surface area contributed by atoms with Crippen molar-refractivity contribution in [3.63, 3.8) is 0 Å². The predicted octanol–water partition coefficient (Wildman–Crippen LogP) is 10.4. The lowest BCUT2D eigenvalue weighted by molar-refractivity contribution is -0.134. The number of aldehydes is 1. The lowest BCUT2D eigenvalue weighted by Gasteiger charge is -2.22. The lowest BCUT2D eigenvalue weighted by atomic mass is 9.82. The summed E-state index contributed by atoms with van der Waals surface area (Å²) in [5.74, 6) is -3.36. The van der Waals surface area contributed by atoms with Crippen LogP contribution in [0.4, 0.5) is 26.3 Å². The topological polar surface area (TPSA) is 118 Å². The summed E-state index contributed by atoms with van der Waals surface area (Å²) < 4.78 is 80.0. The molecular weight excluding hydrogens is 702 g/mol. The average Bonchev–Trinajstić information content (AvgIpc) is 3.11. The van der Waals surface area contributed by atoms with Gasteiger partial charge in [0.15, 0.2) is 0 Å². The summed E-state index contributed by atoms with van der Waals surface area (Å²) in [5.41, 5.74) is 1.51. The minimum atomic E-state index is -4.49. The van der Waals surface area contributed by atoms with Crippen LogP contribution in [0.3, 0.4) is 0 Å². The van der Waals surface area contributed by atoms with E-state index < -0.39 is 42.3 Å².